The van der Waals surface area contributed by atoms with Gasteiger partial charge in [0.05, 0.1) is 6.20 Å². The van der Waals surface area contributed by atoms with Crippen LogP contribution in [0.25, 0.3) is 5.52 Å². The standard InChI is InChI=1S/C18H29N5O2/c1-5-22-17(24)15-12-19-16(14-7-10-25-11-8-14)23(15)20-18(22)21(4)9-6-13(2)3/h12-14H,5-11H2,1-4H3. The van der Waals surface area contributed by atoms with E-state index in [4.69, 9.17) is 9.84 Å². The van der Waals surface area contributed by atoms with Crippen molar-refractivity contribution < 1.29 is 4.74 Å². The van der Waals surface area contributed by atoms with Crippen LogP contribution in [0.1, 0.15) is 51.8 Å². The molecule has 0 spiro atoms. The number of anilines is 1. The number of rotatable bonds is 6. The van der Waals surface area contributed by atoms with Crippen LogP contribution >= 0.6 is 0 Å². The normalized spacial score (nSPS) is 16.0. The third kappa shape index (κ3) is 3.56. The average Bonchev–Trinajstić information content (AvgIpc) is 3.04. The van der Waals surface area contributed by atoms with Crippen molar-refractivity contribution in [1.82, 2.24) is 19.2 Å². The molecular weight excluding hydrogens is 318 g/mol. The number of aromatic nitrogens is 4. The molecule has 2 aromatic rings. The number of imidazole rings is 1. The molecule has 0 aromatic carbocycles. The van der Waals surface area contributed by atoms with Gasteiger partial charge in [0.15, 0.2) is 5.52 Å². The Hall–Kier alpha value is -1.89. The lowest BCUT2D eigenvalue weighted by Crippen LogP contribution is -2.33. The van der Waals surface area contributed by atoms with Gasteiger partial charge < -0.3 is 9.64 Å². The molecule has 0 radical (unpaired) electrons. The number of hydrogen-bond acceptors (Lipinski definition) is 5. The summed E-state index contributed by atoms with van der Waals surface area (Å²) in [6, 6.07) is 0. The molecule has 3 heterocycles. The highest BCUT2D eigenvalue weighted by Crippen LogP contribution is 2.26. The van der Waals surface area contributed by atoms with E-state index in [1.807, 2.05) is 14.0 Å². The van der Waals surface area contributed by atoms with Crippen LogP contribution < -0.4 is 10.5 Å². The molecule has 7 heteroatoms. The van der Waals surface area contributed by atoms with Crippen LogP contribution in [0.2, 0.25) is 0 Å². The Balaban J connectivity index is 2.04. The third-order valence-corrected chi connectivity index (χ3v) is 4.95. The molecule has 0 saturated carbocycles. The Morgan fingerprint density at radius 1 is 1.36 bits per heavy atom. The summed E-state index contributed by atoms with van der Waals surface area (Å²) in [6.07, 6.45) is 4.58. The quantitative estimate of drug-likeness (QED) is 0.802. The minimum atomic E-state index is -0.0188. The van der Waals surface area contributed by atoms with Crippen molar-refractivity contribution in [3.8, 4) is 0 Å². The van der Waals surface area contributed by atoms with Gasteiger partial charge in [-0.05, 0) is 32.1 Å². The highest BCUT2D eigenvalue weighted by atomic mass is 16.5. The molecule has 1 fully saturated rings. The Bertz CT molecular complexity index is 774. The van der Waals surface area contributed by atoms with Crippen LogP contribution in [0.4, 0.5) is 5.95 Å². The second-order valence-corrected chi connectivity index (χ2v) is 7.25. The zero-order chi connectivity index (χ0) is 18.0. The molecule has 0 aliphatic carbocycles. The Morgan fingerprint density at radius 2 is 2.08 bits per heavy atom. The number of ether oxygens (including phenoxy) is 1. The van der Waals surface area contributed by atoms with E-state index in [0.717, 1.165) is 44.8 Å². The van der Waals surface area contributed by atoms with Crippen LogP contribution in [0, 0.1) is 5.92 Å². The fourth-order valence-electron chi connectivity index (χ4n) is 3.34. The summed E-state index contributed by atoms with van der Waals surface area (Å²) < 4.78 is 8.97. The molecule has 0 N–H and O–H groups in total. The van der Waals surface area contributed by atoms with Crippen molar-refractivity contribution in [2.75, 3.05) is 31.7 Å². The highest BCUT2D eigenvalue weighted by Gasteiger charge is 2.23. The van der Waals surface area contributed by atoms with Gasteiger partial charge in [0.25, 0.3) is 5.56 Å². The van der Waals surface area contributed by atoms with E-state index in [2.05, 4.69) is 23.7 Å². The molecule has 138 valence electrons. The van der Waals surface area contributed by atoms with Crippen LogP contribution in [0.15, 0.2) is 11.0 Å². The molecule has 7 nitrogen and oxygen atoms in total. The first-order chi connectivity index (χ1) is 12.0. The first-order valence-electron chi connectivity index (χ1n) is 9.30. The van der Waals surface area contributed by atoms with E-state index in [1.54, 1.807) is 15.3 Å². The van der Waals surface area contributed by atoms with Gasteiger partial charge >= 0.3 is 0 Å². The van der Waals surface area contributed by atoms with Crippen molar-refractivity contribution in [3.05, 3.63) is 22.4 Å². The molecule has 0 amide bonds. The minimum Gasteiger partial charge on any atom is -0.381 e. The molecule has 1 aliphatic heterocycles. The second-order valence-electron chi connectivity index (χ2n) is 7.25. The summed E-state index contributed by atoms with van der Waals surface area (Å²) in [5.74, 6) is 2.51. The van der Waals surface area contributed by atoms with E-state index in [1.165, 1.54) is 0 Å². The van der Waals surface area contributed by atoms with Gasteiger partial charge in [-0.2, -0.15) is 0 Å². The summed E-state index contributed by atoms with van der Waals surface area (Å²) in [5, 5.41) is 4.82. The van der Waals surface area contributed by atoms with Crippen molar-refractivity contribution in [2.45, 2.75) is 52.5 Å². The second kappa shape index (κ2) is 7.56. The summed E-state index contributed by atoms with van der Waals surface area (Å²) in [4.78, 5) is 19.6. The van der Waals surface area contributed by atoms with Gasteiger partial charge in [-0.3, -0.25) is 9.36 Å². The van der Waals surface area contributed by atoms with Gasteiger partial charge in [0.1, 0.15) is 5.82 Å². The fraction of sp³-hybridized carbons (Fsp3) is 0.722. The maximum Gasteiger partial charge on any atom is 0.280 e. The lowest BCUT2D eigenvalue weighted by atomic mass is 10.00. The highest BCUT2D eigenvalue weighted by molar-refractivity contribution is 5.46. The van der Waals surface area contributed by atoms with Crippen LogP contribution in [0.3, 0.4) is 0 Å². The fourth-order valence-corrected chi connectivity index (χ4v) is 3.34. The summed E-state index contributed by atoms with van der Waals surface area (Å²) >= 11 is 0. The van der Waals surface area contributed by atoms with Gasteiger partial charge in [0, 0.05) is 39.3 Å². The van der Waals surface area contributed by atoms with Gasteiger partial charge in [-0.1, -0.05) is 13.8 Å². The van der Waals surface area contributed by atoms with Gasteiger partial charge in [-0.25, -0.2) is 9.50 Å². The molecule has 1 saturated heterocycles. The van der Waals surface area contributed by atoms with Crippen LogP contribution in [-0.2, 0) is 11.3 Å². The first-order valence-corrected chi connectivity index (χ1v) is 9.30. The molecule has 0 bridgehead atoms. The van der Waals surface area contributed by atoms with Crippen molar-refractivity contribution in [1.29, 1.82) is 0 Å². The number of hydrogen-bond donors (Lipinski definition) is 0. The lowest BCUT2D eigenvalue weighted by molar-refractivity contribution is 0.0832. The smallest absolute Gasteiger partial charge is 0.280 e. The summed E-state index contributed by atoms with van der Waals surface area (Å²) in [5.41, 5.74) is 0.541. The topological polar surface area (TPSA) is 64.7 Å². The largest absolute Gasteiger partial charge is 0.381 e. The number of nitrogens with zero attached hydrogens (tertiary/aromatic N) is 5. The maximum atomic E-state index is 12.9. The van der Waals surface area contributed by atoms with Crippen molar-refractivity contribution in [3.63, 3.8) is 0 Å². The van der Waals surface area contributed by atoms with Crippen LogP contribution in [0.5, 0.6) is 0 Å². The van der Waals surface area contributed by atoms with E-state index < -0.39 is 0 Å². The van der Waals surface area contributed by atoms with Gasteiger partial charge in [0.2, 0.25) is 5.95 Å². The van der Waals surface area contributed by atoms with E-state index in [9.17, 15) is 4.79 Å². The van der Waals surface area contributed by atoms with Crippen LogP contribution in [-0.4, -0.2) is 46.0 Å². The zero-order valence-electron chi connectivity index (χ0n) is 15.7. The lowest BCUT2D eigenvalue weighted by Gasteiger charge is -2.24. The molecule has 0 unspecified atom stereocenters. The Morgan fingerprint density at radius 3 is 2.72 bits per heavy atom. The molecule has 2 aromatic heterocycles. The van der Waals surface area contributed by atoms with Gasteiger partial charge in [-0.15, -0.1) is 5.10 Å². The van der Waals surface area contributed by atoms with Crippen molar-refractivity contribution >= 4 is 11.5 Å². The molecule has 3 rings (SSSR count). The Kier molecular flexibility index (Phi) is 5.42. The van der Waals surface area contributed by atoms with E-state index in [-0.39, 0.29) is 5.56 Å². The summed E-state index contributed by atoms with van der Waals surface area (Å²) in [6.45, 7) is 9.35. The predicted octanol–water partition coefficient (Wildman–Crippen LogP) is 2.29. The minimum absolute atomic E-state index is 0.0188. The molecular formula is C18H29N5O2. The zero-order valence-corrected chi connectivity index (χ0v) is 15.7. The van der Waals surface area contributed by atoms with E-state index in [0.29, 0.717) is 29.8 Å². The molecule has 1 aliphatic rings. The third-order valence-electron chi connectivity index (χ3n) is 4.95. The number of fused-ring (bicyclic) bond motifs is 1. The first kappa shape index (κ1) is 17.9. The SMILES string of the molecule is CCn1c(N(C)CCC(C)C)nn2c(C3CCOCC3)ncc2c1=O. The molecule has 25 heavy (non-hydrogen) atoms. The monoisotopic (exact) mass is 347 g/mol. The summed E-state index contributed by atoms with van der Waals surface area (Å²) in [7, 11) is 2.01. The maximum absolute atomic E-state index is 12.9. The Labute approximate surface area is 148 Å². The predicted molar refractivity (Wildman–Crippen MR) is 98.4 cm³/mol. The van der Waals surface area contributed by atoms with Crippen molar-refractivity contribution in [2.24, 2.45) is 5.92 Å². The van der Waals surface area contributed by atoms with E-state index >= 15 is 0 Å². The molecule has 0 atom stereocenters. The average molecular weight is 347 g/mol.